The topological polar surface area (TPSA) is 84.1 Å². The number of aromatic nitrogens is 2. The molecule has 0 saturated carbocycles. The van der Waals surface area contributed by atoms with Crippen LogP contribution in [0.2, 0.25) is 5.02 Å². The summed E-state index contributed by atoms with van der Waals surface area (Å²) in [6, 6.07) is 0. The van der Waals surface area contributed by atoms with Crippen molar-refractivity contribution in [2.75, 3.05) is 17.6 Å². The third kappa shape index (κ3) is 3.35. The molecule has 0 aliphatic rings. The average Bonchev–Trinajstić information content (AvgIpc) is 2.10. The molecular formula is C8H13ClN4O. The quantitative estimate of drug-likeness (QED) is 0.696. The summed E-state index contributed by atoms with van der Waals surface area (Å²) in [5.41, 5.74) is 5.39. The van der Waals surface area contributed by atoms with Crippen molar-refractivity contribution in [1.29, 1.82) is 0 Å². The van der Waals surface area contributed by atoms with Crippen LogP contribution in [0.15, 0.2) is 6.20 Å². The van der Waals surface area contributed by atoms with E-state index in [2.05, 4.69) is 15.3 Å². The highest BCUT2D eigenvalue weighted by Crippen LogP contribution is 2.17. The van der Waals surface area contributed by atoms with Crippen LogP contribution in [0.3, 0.4) is 0 Å². The maximum atomic E-state index is 9.02. The zero-order valence-electron chi connectivity index (χ0n) is 7.87. The van der Waals surface area contributed by atoms with E-state index in [0.29, 0.717) is 23.8 Å². The minimum absolute atomic E-state index is 0.175. The minimum atomic E-state index is -0.347. The van der Waals surface area contributed by atoms with Gasteiger partial charge in [-0.15, -0.1) is 0 Å². The molecule has 0 fully saturated rings. The summed E-state index contributed by atoms with van der Waals surface area (Å²) in [5.74, 6) is 0.675. The molecule has 0 aliphatic carbocycles. The Kier molecular flexibility index (Phi) is 3.91. The molecule has 6 heteroatoms. The summed E-state index contributed by atoms with van der Waals surface area (Å²) < 4.78 is 0. The van der Waals surface area contributed by atoms with Crippen LogP contribution >= 0.6 is 11.6 Å². The van der Waals surface area contributed by atoms with Crippen molar-refractivity contribution in [1.82, 2.24) is 9.97 Å². The Hall–Kier alpha value is -1.07. The molecule has 1 unspecified atom stereocenters. The normalized spacial score (nSPS) is 12.5. The number of halogens is 1. The highest BCUT2D eigenvalue weighted by Gasteiger charge is 2.03. The number of anilines is 2. The van der Waals surface area contributed by atoms with Gasteiger partial charge in [0.1, 0.15) is 10.8 Å². The molecular weight excluding hydrogens is 204 g/mol. The Balaban J connectivity index is 2.53. The molecule has 78 valence electrons. The van der Waals surface area contributed by atoms with Gasteiger partial charge in [-0.05, 0) is 13.3 Å². The Morgan fingerprint density at radius 1 is 1.71 bits per heavy atom. The lowest BCUT2D eigenvalue weighted by Gasteiger charge is -2.08. The summed E-state index contributed by atoms with van der Waals surface area (Å²) in [4.78, 5) is 7.64. The third-order valence-corrected chi connectivity index (χ3v) is 1.89. The number of hydrogen-bond acceptors (Lipinski definition) is 5. The van der Waals surface area contributed by atoms with Crippen LogP contribution in [-0.4, -0.2) is 27.7 Å². The second-order valence-corrected chi connectivity index (χ2v) is 3.40. The van der Waals surface area contributed by atoms with E-state index in [1.54, 1.807) is 6.92 Å². The van der Waals surface area contributed by atoms with Crippen LogP contribution in [0.4, 0.5) is 11.8 Å². The largest absolute Gasteiger partial charge is 0.393 e. The number of rotatable bonds is 4. The lowest BCUT2D eigenvalue weighted by Crippen LogP contribution is -2.11. The maximum absolute atomic E-state index is 9.02. The molecule has 0 spiro atoms. The summed E-state index contributed by atoms with van der Waals surface area (Å²) in [5, 5.41) is 12.4. The minimum Gasteiger partial charge on any atom is -0.393 e. The van der Waals surface area contributed by atoms with E-state index in [-0.39, 0.29) is 12.1 Å². The van der Waals surface area contributed by atoms with Gasteiger partial charge in [-0.1, -0.05) is 11.6 Å². The van der Waals surface area contributed by atoms with Crippen LogP contribution in [0.25, 0.3) is 0 Å². The Labute approximate surface area is 87.3 Å². The molecule has 1 aromatic rings. The van der Waals surface area contributed by atoms with Crippen LogP contribution < -0.4 is 11.1 Å². The highest BCUT2D eigenvalue weighted by atomic mass is 35.5. The molecule has 5 nitrogen and oxygen atoms in total. The fourth-order valence-corrected chi connectivity index (χ4v) is 1.06. The van der Waals surface area contributed by atoms with Crippen molar-refractivity contribution in [2.24, 2.45) is 0 Å². The van der Waals surface area contributed by atoms with Gasteiger partial charge in [0.25, 0.3) is 0 Å². The Morgan fingerprint density at radius 2 is 2.43 bits per heavy atom. The van der Waals surface area contributed by atoms with Crippen LogP contribution in [0.5, 0.6) is 0 Å². The van der Waals surface area contributed by atoms with E-state index in [9.17, 15) is 0 Å². The second kappa shape index (κ2) is 4.97. The summed E-state index contributed by atoms with van der Waals surface area (Å²) in [6.07, 6.45) is 1.72. The molecule has 1 aromatic heterocycles. The predicted molar refractivity (Wildman–Crippen MR) is 56.2 cm³/mol. The molecule has 0 aliphatic heterocycles. The Bertz CT molecular complexity index is 305. The molecule has 0 amide bonds. The van der Waals surface area contributed by atoms with Crippen molar-refractivity contribution >= 4 is 23.4 Å². The number of nitrogen functional groups attached to an aromatic ring is 1. The third-order valence-electron chi connectivity index (χ3n) is 1.62. The van der Waals surface area contributed by atoms with Crippen molar-refractivity contribution in [2.45, 2.75) is 19.4 Å². The van der Waals surface area contributed by atoms with Gasteiger partial charge in [-0.25, -0.2) is 4.98 Å². The first kappa shape index (κ1) is 11.0. The SMILES string of the molecule is CC(O)CCNc1nc(N)ncc1Cl. The average molecular weight is 217 g/mol. The van der Waals surface area contributed by atoms with Crippen LogP contribution in [-0.2, 0) is 0 Å². The highest BCUT2D eigenvalue weighted by molar-refractivity contribution is 6.32. The van der Waals surface area contributed by atoms with Crippen molar-refractivity contribution in [3.63, 3.8) is 0 Å². The van der Waals surface area contributed by atoms with Gasteiger partial charge in [0.2, 0.25) is 5.95 Å². The van der Waals surface area contributed by atoms with E-state index in [1.807, 2.05) is 0 Å². The van der Waals surface area contributed by atoms with E-state index in [0.717, 1.165) is 0 Å². The maximum Gasteiger partial charge on any atom is 0.222 e. The second-order valence-electron chi connectivity index (χ2n) is 2.99. The summed E-state index contributed by atoms with van der Waals surface area (Å²) in [6.45, 7) is 2.31. The van der Waals surface area contributed by atoms with E-state index >= 15 is 0 Å². The molecule has 1 atom stereocenters. The molecule has 0 radical (unpaired) electrons. The first-order chi connectivity index (χ1) is 6.59. The lowest BCUT2D eigenvalue weighted by atomic mass is 10.3. The number of aliphatic hydroxyl groups is 1. The molecule has 0 saturated heterocycles. The van der Waals surface area contributed by atoms with Gasteiger partial charge in [-0.3, -0.25) is 0 Å². The molecule has 0 bridgehead atoms. The van der Waals surface area contributed by atoms with Crippen LogP contribution in [0, 0.1) is 0 Å². The zero-order valence-corrected chi connectivity index (χ0v) is 8.62. The number of aliphatic hydroxyl groups excluding tert-OH is 1. The van der Waals surface area contributed by atoms with Gasteiger partial charge >= 0.3 is 0 Å². The summed E-state index contributed by atoms with van der Waals surface area (Å²) >= 11 is 5.81. The van der Waals surface area contributed by atoms with E-state index in [1.165, 1.54) is 6.20 Å². The van der Waals surface area contributed by atoms with Gasteiger partial charge in [0.05, 0.1) is 12.3 Å². The molecule has 0 aromatic carbocycles. The van der Waals surface area contributed by atoms with Crippen LogP contribution in [0.1, 0.15) is 13.3 Å². The zero-order chi connectivity index (χ0) is 10.6. The van der Waals surface area contributed by atoms with Gasteiger partial charge in [0.15, 0.2) is 0 Å². The summed E-state index contributed by atoms with van der Waals surface area (Å²) in [7, 11) is 0. The number of hydrogen-bond donors (Lipinski definition) is 3. The van der Waals surface area contributed by atoms with Crippen molar-refractivity contribution in [3.8, 4) is 0 Å². The predicted octanol–water partition coefficient (Wildman–Crippen LogP) is 0.895. The smallest absolute Gasteiger partial charge is 0.222 e. The Morgan fingerprint density at radius 3 is 3.07 bits per heavy atom. The standard InChI is InChI=1S/C8H13ClN4O/c1-5(14)2-3-11-7-6(9)4-12-8(10)13-7/h4-5,14H,2-3H2,1H3,(H3,10,11,12,13). The van der Waals surface area contributed by atoms with Crippen molar-refractivity contribution in [3.05, 3.63) is 11.2 Å². The first-order valence-electron chi connectivity index (χ1n) is 4.29. The van der Waals surface area contributed by atoms with E-state index < -0.39 is 0 Å². The number of nitrogens with one attached hydrogen (secondary N) is 1. The fourth-order valence-electron chi connectivity index (χ4n) is 0.904. The van der Waals surface area contributed by atoms with Gasteiger partial charge in [0, 0.05) is 6.54 Å². The number of nitrogens with zero attached hydrogens (tertiary/aromatic N) is 2. The van der Waals surface area contributed by atoms with E-state index in [4.69, 9.17) is 22.4 Å². The van der Waals surface area contributed by atoms with Crippen molar-refractivity contribution < 1.29 is 5.11 Å². The molecule has 14 heavy (non-hydrogen) atoms. The fraction of sp³-hybridized carbons (Fsp3) is 0.500. The monoisotopic (exact) mass is 216 g/mol. The molecule has 1 rings (SSSR count). The first-order valence-corrected chi connectivity index (χ1v) is 4.67. The van der Waals surface area contributed by atoms with Gasteiger partial charge < -0.3 is 16.2 Å². The molecule has 4 N–H and O–H groups in total. The number of nitrogens with two attached hydrogens (primary N) is 1. The van der Waals surface area contributed by atoms with Gasteiger partial charge in [-0.2, -0.15) is 4.98 Å². The lowest BCUT2D eigenvalue weighted by molar-refractivity contribution is 0.188. The molecule has 1 heterocycles.